The standard InChI is InChI=1S/C23H24N2O4S/c1-4-29-21-8-6-5-7-20(21)24-23(26)18-11-13-19(14-12-18)25-30(27,28)22-15-16(2)9-10-17(22)3/h5-15,25H,4H2,1-3H3,(H,24,26). The predicted molar refractivity (Wildman–Crippen MR) is 119 cm³/mol. The summed E-state index contributed by atoms with van der Waals surface area (Å²) in [6.45, 7) is 5.95. The number of ether oxygens (including phenoxy) is 1. The molecule has 7 heteroatoms. The van der Waals surface area contributed by atoms with E-state index >= 15 is 0 Å². The first-order chi connectivity index (χ1) is 14.3. The SMILES string of the molecule is CCOc1ccccc1NC(=O)c1ccc(NS(=O)(=O)c2cc(C)ccc2C)cc1. The molecule has 2 N–H and O–H groups in total. The predicted octanol–water partition coefficient (Wildman–Crippen LogP) is 4.76. The fraction of sp³-hybridized carbons (Fsp3) is 0.174. The van der Waals surface area contributed by atoms with Gasteiger partial charge in [0.15, 0.2) is 0 Å². The number of benzene rings is 3. The molecular weight excluding hydrogens is 400 g/mol. The van der Waals surface area contributed by atoms with Crippen LogP contribution in [0.5, 0.6) is 5.75 Å². The first-order valence-corrected chi connectivity index (χ1v) is 11.0. The topological polar surface area (TPSA) is 84.5 Å². The second kappa shape index (κ2) is 9.00. The van der Waals surface area contributed by atoms with Crippen molar-refractivity contribution in [3.05, 3.63) is 83.4 Å². The Kier molecular flexibility index (Phi) is 6.42. The third kappa shape index (κ3) is 4.99. The number of anilines is 2. The van der Waals surface area contributed by atoms with Crippen LogP contribution in [0.25, 0.3) is 0 Å². The van der Waals surface area contributed by atoms with Gasteiger partial charge in [0, 0.05) is 11.3 Å². The van der Waals surface area contributed by atoms with E-state index in [0.717, 1.165) is 5.56 Å². The van der Waals surface area contributed by atoms with E-state index in [1.54, 1.807) is 55.5 Å². The molecule has 3 aromatic rings. The number of carbonyl (C=O) groups is 1. The third-order valence-corrected chi connectivity index (χ3v) is 5.99. The van der Waals surface area contributed by atoms with E-state index < -0.39 is 10.0 Å². The van der Waals surface area contributed by atoms with Gasteiger partial charge in [-0.1, -0.05) is 24.3 Å². The molecule has 0 bridgehead atoms. The molecule has 6 nitrogen and oxygen atoms in total. The molecule has 156 valence electrons. The summed E-state index contributed by atoms with van der Waals surface area (Å²) in [6.07, 6.45) is 0. The van der Waals surface area contributed by atoms with Gasteiger partial charge in [0.1, 0.15) is 5.75 Å². The van der Waals surface area contributed by atoms with Crippen molar-refractivity contribution < 1.29 is 17.9 Å². The zero-order chi connectivity index (χ0) is 21.7. The Morgan fingerprint density at radius 1 is 0.967 bits per heavy atom. The fourth-order valence-electron chi connectivity index (χ4n) is 2.94. The van der Waals surface area contributed by atoms with E-state index in [0.29, 0.717) is 34.9 Å². The van der Waals surface area contributed by atoms with Crippen LogP contribution in [-0.2, 0) is 10.0 Å². The van der Waals surface area contributed by atoms with Crippen LogP contribution < -0.4 is 14.8 Å². The molecule has 0 aromatic heterocycles. The summed E-state index contributed by atoms with van der Waals surface area (Å²) < 4.78 is 33.5. The van der Waals surface area contributed by atoms with Gasteiger partial charge in [0.25, 0.3) is 15.9 Å². The molecule has 0 aliphatic carbocycles. The zero-order valence-corrected chi connectivity index (χ0v) is 17.9. The van der Waals surface area contributed by atoms with Gasteiger partial charge < -0.3 is 10.1 Å². The molecule has 0 aliphatic rings. The molecule has 0 fully saturated rings. The maximum atomic E-state index is 12.7. The quantitative estimate of drug-likeness (QED) is 0.573. The Hall–Kier alpha value is -3.32. The fourth-order valence-corrected chi connectivity index (χ4v) is 4.33. The summed E-state index contributed by atoms with van der Waals surface area (Å²) in [6, 6.07) is 18.7. The van der Waals surface area contributed by atoms with Crippen LogP contribution in [-0.4, -0.2) is 20.9 Å². The maximum Gasteiger partial charge on any atom is 0.262 e. The first-order valence-electron chi connectivity index (χ1n) is 9.53. The summed E-state index contributed by atoms with van der Waals surface area (Å²) in [7, 11) is -3.73. The Morgan fingerprint density at radius 3 is 2.37 bits per heavy atom. The number of aryl methyl sites for hydroxylation is 2. The largest absolute Gasteiger partial charge is 0.492 e. The van der Waals surface area contributed by atoms with E-state index in [1.165, 1.54) is 0 Å². The van der Waals surface area contributed by atoms with E-state index in [1.807, 2.05) is 32.0 Å². The lowest BCUT2D eigenvalue weighted by atomic mass is 10.2. The van der Waals surface area contributed by atoms with Gasteiger partial charge in [0.2, 0.25) is 0 Å². The van der Waals surface area contributed by atoms with Crippen LogP contribution in [0.2, 0.25) is 0 Å². The number of rotatable bonds is 7. The minimum atomic E-state index is -3.73. The van der Waals surface area contributed by atoms with E-state index in [-0.39, 0.29) is 10.8 Å². The summed E-state index contributed by atoms with van der Waals surface area (Å²) in [4.78, 5) is 12.8. The second-order valence-corrected chi connectivity index (χ2v) is 8.49. The number of hydrogen-bond acceptors (Lipinski definition) is 4. The lowest BCUT2D eigenvalue weighted by Crippen LogP contribution is -2.15. The van der Waals surface area contributed by atoms with Gasteiger partial charge in [-0.05, 0) is 74.4 Å². The van der Waals surface area contributed by atoms with Gasteiger partial charge in [-0.3, -0.25) is 9.52 Å². The van der Waals surface area contributed by atoms with Crippen molar-refractivity contribution in [2.45, 2.75) is 25.7 Å². The van der Waals surface area contributed by atoms with Crippen LogP contribution in [0.3, 0.4) is 0 Å². The molecule has 0 atom stereocenters. The van der Waals surface area contributed by atoms with Gasteiger partial charge in [-0.15, -0.1) is 0 Å². The van der Waals surface area contributed by atoms with Crippen LogP contribution >= 0.6 is 0 Å². The Morgan fingerprint density at radius 2 is 1.67 bits per heavy atom. The van der Waals surface area contributed by atoms with Crippen molar-refractivity contribution in [1.82, 2.24) is 0 Å². The molecule has 1 amide bonds. The van der Waals surface area contributed by atoms with Crippen molar-refractivity contribution in [2.75, 3.05) is 16.6 Å². The minimum Gasteiger partial charge on any atom is -0.492 e. The summed E-state index contributed by atoms with van der Waals surface area (Å²) in [5.41, 5.74) is 2.87. The highest BCUT2D eigenvalue weighted by Crippen LogP contribution is 2.25. The maximum absolute atomic E-state index is 12.7. The van der Waals surface area contributed by atoms with E-state index in [4.69, 9.17) is 4.74 Å². The Labute approximate surface area is 177 Å². The van der Waals surface area contributed by atoms with E-state index in [9.17, 15) is 13.2 Å². The minimum absolute atomic E-state index is 0.233. The van der Waals surface area contributed by atoms with Crippen LogP contribution in [0, 0.1) is 13.8 Å². The number of carbonyl (C=O) groups excluding carboxylic acids is 1. The number of para-hydroxylation sites is 2. The normalized spacial score (nSPS) is 11.0. The number of amides is 1. The molecule has 0 aliphatic heterocycles. The average molecular weight is 425 g/mol. The lowest BCUT2D eigenvalue weighted by molar-refractivity contribution is 0.102. The molecule has 0 saturated heterocycles. The number of nitrogens with one attached hydrogen (secondary N) is 2. The Balaban J connectivity index is 1.75. The first kappa shape index (κ1) is 21.4. The highest BCUT2D eigenvalue weighted by molar-refractivity contribution is 7.92. The third-order valence-electron chi connectivity index (χ3n) is 4.47. The molecule has 30 heavy (non-hydrogen) atoms. The lowest BCUT2D eigenvalue weighted by Gasteiger charge is -2.13. The molecule has 0 saturated carbocycles. The number of sulfonamides is 1. The van der Waals surface area contributed by atoms with Crippen molar-refractivity contribution in [3.8, 4) is 5.75 Å². The van der Waals surface area contributed by atoms with Gasteiger partial charge >= 0.3 is 0 Å². The summed E-state index contributed by atoms with van der Waals surface area (Å²) >= 11 is 0. The highest BCUT2D eigenvalue weighted by Gasteiger charge is 2.17. The van der Waals surface area contributed by atoms with Crippen LogP contribution in [0.1, 0.15) is 28.4 Å². The molecule has 0 unspecified atom stereocenters. The van der Waals surface area contributed by atoms with Crippen molar-refractivity contribution in [3.63, 3.8) is 0 Å². The second-order valence-electron chi connectivity index (χ2n) is 6.84. The van der Waals surface area contributed by atoms with Gasteiger partial charge in [-0.25, -0.2) is 8.42 Å². The smallest absolute Gasteiger partial charge is 0.262 e. The van der Waals surface area contributed by atoms with Crippen molar-refractivity contribution >= 4 is 27.3 Å². The summed E-state index contributed by atoms with van der Waals surface area (Å²) in [5, 5.41) is 2.82. The molecule has 3 aromatic carbocycles. The Bertz CT molecular complexity index is 1160. The van der Waals surface area contributed by atoms with E-state index in [2.05, 4.69) is 10.0 Å². The average Bonchev–Trinajstić information content (AvgIpc) is 2.71. The molecule has 3 rings (SSSR count). The van der Waals surface area contributed by atoms with Crippen molar-refractivity contribution in [1.29, 1.82) is 0 Å². The van der Waals surface area contributed by atoms with Crippen molar-refractivity contribution in [2.24, 2.45) is 0 Å². The monoisotopic (exact) mass is 424 g/mol. The highest BCUT2D eigenvalue weighted by atomic mass is 32.2. The van der Waals surface area contributed by atoms with Crippen LogP contribution in [0.15, 0.2) is 71.6 Å². The molecule has 0 heterocycles. The van der Waals surface area contributed by atoms with Gasteiger partial charge in [0.05, 0.1) is 17.2 Å². The molecular formula is C23H24N2O4S. The molecule has 0 spiro atoms. The summed E-state index contributed by atoms with van der Waals surface area (Å²) in [5.74, 6) is 0.275. The molecule has 0 radical (unpaired) electrons. The van der Waals surface area contributed by atoms with Gasteiger partial charge in [-0.2, -0.15) is 0 Å². The number of hydrogen-bond donors (Lipinski definition) is 2. The zero-order valence-electron chi connectivity index (χ0n) is 17.1. The van der Waals surface area contributed by atoms with Crippen LogP contribution in [0.4, 0.5) is 11.4 Å².